The standard InChI is InChI=1S/C20H26N6O4/c1-3-30-15-4-5-17-14(12-15)13-16(20(27)21-17)18(25-6-10-29-11-7-25)19-22-23-24-26(19)8-9-28-2/h4-5,12-13,18H,3,6-11H2,1-2H3,(H,21,27)/t18-/m1/s1. The summed E-state index contributed by atoms with van der Waals surface area (Å²) in [6.45, 7) is 6.03. The Hall–Kier alpha value is -2.82. The van der Waals surface area contributed by atoms with Gasteiger partial charge in [0, 0.05) is 36.7 Å². The molecule has 1 N–H and O–H groups in total. The van der Waals surface area contributed by atoms with Gasteiger partial charge in [-0.05, 0) is 41.6 Å². The summed E-state index contributed by atoms with van der Waals surface area (Å²) in [6, 6.07) is 7.16. The molecule has 1 fully saturated rings. The van der Waals surface area contributed by atoms with Crippen molar-refractivity contribution in [3.8, 4) is 5.75 Å². The minimum Gasteiger partial charge on any atom is -0.494 e. The van der Waals surface area contributed by atoms with Crippen molar-refractivity contribution in [1.82, 2.24) is 30.1 Å². The molecule has 0 radical (unpaired) electrons. The quantitative estimate of drug-likeness (QED) is 0.581. The molecule has 0 bridgehead atoms. The number of benzene rings is 1. The van der Waals surface area contributed by atoms with Crippen molar-refractivity contribution < 1.29 is 14.2 Å². The topological polar surface area (TPSA) is 107 Å². The summed E-state index contributed by atoms with van der Waals surface area (Å²) in [4.78, 5) is 18.3. The third-order valence-electron chi connectivity index (χ3n) is 5.17. The lowest BCUT2D eigenvalue weighted by atomic mass is 10.0. The van der Waals surface area contributed by atoms with E-state index in [1.165, 1.54) is 0 Å². The van der Waals surface area contributed by atoms with Gasteiger partial charge < -0.3 is 19.2 Å². The molecule has 1 aliphatic rings. The fourth-order valence-corrected chi connectivity index (χ4v) is 3.74. The van der Waals surface area contributed by atoms with Gasteiger partial charge in [-0.1, -0.05) is 0 Å². The normalized spacial score (nSPS) is 16.1. The Bertz CT molecular complexity index is 1040. The predicted octanol–water partition coefficient (Wildman–Crippen LogP) is 0.981. The van der Waals surface area contributed by atoms with Gasteiger partial charge in [0.2, 0.25) is 0 Å². The van der Waals surface area contributed by atoms with Gasteiger partial charge in [0.05, 0.1) is 33.0 Å². The van der Waals surface area contributed by atoms with E-state index in [9.17, 15) is 4.79 Å². The van der Waals surface area contributed by atoms with E-state index >= 15 is 0 Å². The van der Waals surface area contributed by atoms with Crippen molar-refractivity contribution in [1.29, 1.82) is 0 Å². The van der Waals surface area contributed by atoms with E-state index in [0.717, 1.165) is 16.7 Å². The molecule has 0 saturated carbocycles. The minimum absolute atomic E-state index is 0.163. The molecule has 0 unspecified atom stereocenters. The van der Waals surface area contributed by atoms with Gasteiger partial charge in [-0.2, -0.15) is 0 Å². The zero-order valence-electron chi connectivity index (χ0n) is 17.2. The van der Waals surface area contributed by atoms with Crippen molar-refractivity contribution in [3.63, 3.8) is 0 Å². The van der Waals surface area contributed by atoms with Crippen LogP contribution in [0.3, 0.4) is 0 Å². The molecule has 1 aromatic carbocycles. The van der Waals surface area contributed by atoms with Crippen LogP contribution in [0.4, 0.5) is 0 Å². The van der Waals surface area contributed by atoms with Crippen LogP contribution in [0.25, 0.3) is 10.9 Å². The molecule has 30 heavy (non-hydrogen) atoms. The van der Waals surface area contributed by atoms with Crippen LogP contribution in [0.1, 0.15) is 24.4 Å². The second kappa shape index (κ2) is 9.33. The first kappa shape index (κ1) is 20.5. The van der Waals surface area contributed by atoms with Crippen LogP contribution in [0.15, 0.2) is 29.1 Å². The molecule has 0 aliphatic carbocycles. The molecular weight excluding hydrogens is 388 g/mol. The van der Waals surface area contributed by atoms with E-state index in [4.69, 9.17) is 14.2 Å². The predicted molar refractivity (Wildman–Crippen MR) is 110 cm³/mol. The molecule has 1 aliphatic heterocycles. The summed E-state index contributed by atoms with van der Waals surface area (Å²) in [7, 11) is 1.63. The first-order chi connectivity index (χ1) is 14.7. The average Bonchev–Trinajstić information content (AvgIpc) is 3.22. The molecular formula is C20H26N6O4. The summed E-state index contributed by atoms with van der Waals surface area (Å²) >= 11 is 0. The average molecular weight is 414 g/mol. The van der Waals surface area contributed by atoms with Gasteiger partial charge in [-0.3, -0.25) is 9.69 Å². The van der Waals surface area contributed by atoms with Crippen LogP contribution >= 0.6 is 0 Å². The fourth-order valence-electron chi connectivity index (χ4n) is 3.74. The number of ether oxygens (including phenoxy) is 3. The summed E-state index contributed by atoms with van der Waals surface area (Å²) in [5.41, 5.74) is 1.18. The number of methoxy groups -OCH3 is 1. The molecule has 10 nitrogen and oxygen atoms in total. The number of morpholine rings is 1. The molecule has 10 heteroatoms. The Morgan fingerprint density at radius 1 is 1.27 bits per heavy atom. The number of aromatic amines is 1. The number of aromatic nitrogens is 5. The van der Waals surface area contributed by atoms with E-state index < -0.39 is 6.04 Å². The number of nitrogens with one attached hydrogen (secondary N) is 1. The zero-order chi connectivity index (χ0) is 20.9. The minimum atomic E-state index is -0.398. The second-order valence-corrected chi connectivity index (χ2v) is 7.04. The van der Waals surface area contributed by atoms with Gasteiger partial charge in [0.1, 0.15) is 11.8 Å². The van der Waals surface area contributed by atoms with Crippen molar-refractivity contribution >= 4 is 10.9 Å². The van der Waals surface area contributed by atoms with Gasteiger partial charge in [-0.25, -0.2) is 4.68 Å². The maximum atomic E-state index is 13.1. The molecule has 1 atom stereocenters. The van der Waals surface area contributed by atoms with Crippen LogP contribution in [0, 0.1) is 0 Å². The number of tetrazole rings is 1. The number of rotatable bonds is 8. The first-order valence-electron chi connectivity index (χ1n) is 10.1. The highest BCUT2D eigenvalue weighted by Crippen LogP contribution is 2.28. The Morgan fingerprint density at radius 3 is 2.87 bits per heavy atom. The summed E-state index contributed by atoms with van der Waals surface area (Å²) in [5.74, 6) is 1.37. The summed E-state index contributed by atoms with van der Waals surface area (Å²) < 4.78 is 18.0. The van der Waals surface area contributed by atoms with Gasteiger partial charge in [0.15, 0.2) is 5.82 Å². The van der Waals surface area contributed by atoms with E-state index in [2.05, 4.69) is 25.4 Å². The summed E-state index contributed by atoms with van der Waals surface area (Å²) in [6.07, 6.45) is 0. The van der Waals surface area contributed by atoms with E-state index in [-0.39, 0.29) is 5.56 Å². The maximum Gasteiger partial charge on any atom is 0.253 e. The Kier molecular flexibility index (Phi) is 6.36. The van der Waals surface area contributed by atoms with Crippen molar-refractivity contribution in [2.75, 3.05) is 46.6 Å². The number of H-pyrrole nitrogens is 1. The first-order valence-corrected chi connectivity index (χ1v) is 10.1. The zero-order valence-corrected chi connectivity index (χ0v) is 17.2. The number of nitrogens with zero attached hydrogens (tertiary/aromatic N) is 5. The number of hydrogen-bond acceptors (Lipinski definition) is 8. The summed E-state index contributed by atoms with van der Waals surface area (Å²) in [5, 5.41) is 13.1. The molecule has 160 valence electrons. The van der Waals surface area contributed by atoms with Gasteiger partial charge in [-0.15, -0.1) is 5.10 Å². The number of hydrogen-bond donors (Lipinski definition) is 1. The third kappa shape index (κ3) is 4.20. The molecule has 1 saturated heterocycles. The van der Waals surface area contributed by atoms with E-state index in [1.807, 2.05) is 31.2 Å². The van der Waals surface area contributed by atoms with Crippen molar-refractivity contribution in [2.45, 2.75) is 19.5 Å². The lowest BCUT2D eigenvalue weighted by molar-refractivity contribution is 0.0211. The van der Waals surface area contributed by atoms with Gasteiger partial charge >= 0.3 is 0 Å². The van der Waals surface area contributed by atoms with Crippen LogP contribution in [-0.2, 0) is 16.0 Å². The highest BCUT2D eigenvalue weighted by atomic mass is 16.5. The van der Waals surface area contributed by atoms with E-state index in [0.29, 0.717) is 57.4 Å². The molecule has 0 spiro atoms. The van der Waals surface area contributed by atoms with Crippen LogP contribution in [0.2, 0.25) is 0 Å². The fraction of sp³-hybridized carbons (Fsp3) is 0.500. The highest BCUT2D eigenvalue weighted by Gasteiger charge is 2.31. The van der Waals surface area contributed by atoms with Gasteiger partial charge in [0.25, 0.3) is 5.56 Å². The lowest BCUT2D eigenvalue weighted by Crippen LogP contribution is -2.42. The number of pyridine rings is 1. The molecule has 2 aromatic heterocycles. The maximum absolute atomic E-state index is 13.1. The Labute approximate surface area is 173 Å². The molecule has 3 heterocycles. The van der Waals surface area contributed by atoms with Crippen molar-refractivity contribution in [2.24, 2.45) is 0 Å². The third-order valence-corrected chi connectivity index (χ3v) is 5.17. The SMILES string of the molecule is CCOc1ccc2[nH]c(=O)c([C@H](c3nnnn3CCOC)N3CCOCC3)cc2c1. The van der Waals surface area contributed by atoms with Crippen LogP contribution in [0.5, 0.6) is 5.75 Å². The molecule has 0 amide bonds. The van der Waals surface area contributed by atoms with Crippen molar-refractivity contribution in [3.05, 3.63) is 46.0 Å². The second-order valence-electron chi connectivity index (χ2n) is 7.04. The largest absolute Gasteiger partial charge is 0.494 e. The molecule has 4 rings (SSSR count). The monoisotopic (exact) mass is 414 g/mol. The number of fused-ring (bicyclic) bond motifs is 1. The van der Waals surface area contributed by atoms with E-state index in [1.54, 1.807) is 11.8 Å². The lowest BCUT2D eigenvalue weighted by Gasteiger charge is -2.33. The molecule has 3 aromatic rings. The smallest absolute Gasteiger partial charge is 0.253 e. The highest BCUT2D eigenvalue weighted by molar-refractivity contribution is 5.80. The Balaban J connectivity index is 1.82. The van der Waals surface area contributed by atoms with Crippen LogP contribution < -0.4 is 10.3 Å². The van der Waals surface area contributed by atoms with Crippen LogP contribution in [-0.4, -0.2) is 76.7 Å². The Morgan fingerprint density at radius 2 is 2.10 bits per heavy atom.